The smallest absolute Gasteiger partial charge is 0.338 e. The maximum Gasteiger partial charge on any atom is 0.338 e. The molecule has 200 valence electrons. The second-order valence-corrected chi connectivity index (χ2v) is 9.22. The molecule has 0 heterocycles. The predicted octanol–water partition coefficient (Wildman–Crippen LogP) is 6.24. The lowest BCUT2D eigenvalue weighted by molar-refractivity contribution is -0.0262. The van der Waals surface area contributed by atoms with Gasteiger partial charge in [-0.05, 0) is 84.6 Å². The van der Waals surface area contributed by atoms with Gasteiger partial charge in [-0.2, -0.15) is 0 Å². The van der Waals surface area contributed by atoms with Crippen LogP contribution in [0.1, 0.15) is 34.6 Å². The number of aromatic hydroxyl groups is 2. The van der Waals surface area contributed by atoms with E-state index in [1.54, 1.807) is 86.6 Å². The Kier molecular flexibility index (Phi) is 8.97. The van der Waals surface area contributed by atoms with Crippen molar-refractivity contribution >= 4 is 11.9 Å². The number of esters is 2. The van der Waals surface area contributed by atoms with Gasteiger partial charge in [0.2, 0.25) is 0 Å². The topological polar surface area (TPSA) is 102 Å². The highest BCUT2D eigenvalue weighted by molar-refractivity contribution is 5.90. The molecule has 0 aliphatic rings. The first-order valence-electron chi connectivity index (χ1n) is 12.6. The molecular formula is C32H30O7. The summed E-state index contributed by atoms with van der Waals surface area (Å²) in [4.78, 5) is 25.0. The molecule has 7 nitrogen and oxygen atoms in total. The molecule has 7 heteroatoms. The molecule has 2 atom stereocenters. The van der Waals surface area contributed by atoms with Crippen molar-refractivity contribution in [1.29, 1.82) is 0 Å². The van der Waals surface area contributed by atoms with E-state index >= 15 is 0 Å². The van der Waals surface area contributed by atoms with Crippen LogP contribution in [0.4, 0.5) is 0 Å². The Morgan fingerprint density at radius 3 is 1.13 bits per heavy atom. The van der Waals surface area contributed by atoms with Gasteiger partial charge >= 0.3 is 11.9 Å². The van der Waals surface area contributed by atoms with Crippen molar-refractivity contribution in [2.75, 3.05) is 13.2 Å². The molecule has 4 aromatic carbocycles. The first kappa shape index (κ1) is 27.4. The number of benzene rings is 4. The standard InChI is InChI=1S/C32H30O7/c1-21(38-31(35)27-7-3-23(4-8-27)25-11-15-29(33)16-12-25)19-37-20-22(2)39-32(36)28-9-5-24(6-10-28)26-13-17-30(34)18-14-26/h3-18,21-22,33-34H,19-20H2,1-2H3. The van der Waals surface area contributed by atoms with E-state index in [2.05, 4.69) is 0 Å². The van der Waals surface area contributed by atoms with Crippen molar-refractivity contribution in [2.45, 2.75) is 26.1 Å². The Hall–Kier alpha value is -4.62. The van der Waals surface area contributed by atoms with Gasteiger partial charge in [-0.3, -0.25) is 0 Å². The van der Waals surface area contributed by atoms with Crippen molar-refractivity contribution in [3.05, 3.63) is 108 Å². The highest BCUT2D eigenvalue weighted by atomic mass is 16.6. The highest BCUT2D eigenvalue weighted by Crippen LogP contribution is 2.24. The van der Waals surface area contributed by atoms with E-state index in [-0.39, 0.29) is 24.7 Å². The normalized spacial score (nSPS) is 12.4. The van der Waals surface area contributed by atoms with Gasteiger partial charge in [0.25, 0.3) is 0 Å². The number of ether oxygens (including phenoxy) is 3. The summed E-state index contributed by atoms with van der Waals surface area (Å²) < 4.78 is 16.5. The fraction of sp³-hybridized carbons (Fsp3) is 0.188. The molecule has 0 aliphatic carbocycles. The van der Waals surface area contributed by atoms with Gasteiger partial charge in [0.15, 0.2) is 0 Å². The van der Waals surface area contributed by atoms with Gasteiger partial charge in [0, 0.05) is 0 Å². The lowest BCUT2D eigenvalue weighted by atomic mass is 10.0. The highest BCUT2D eigenvalue weighted by Gasteiger charge is 2.16. The second kappa shape index (κ2) is 12.8. The van der Waals surface area contributed by atoms with Crippen molar-refractivity contribution in [2.24, 2.45) is 0 Å². The lowest BCUT2D eigenvalue weighted by Crippen LogP contribution is -2.25. The van der Waals surface area contributed by atoms with Gasteiger partial charge in [0.05, 0.1) is 24.3 Å². The van der Waals surface area contributed by atoms with Crippen molar-refractivity contribution in [3.8, 4) is 33.8 Å². The van der Waals surface area contributed by atoms with Crippen LogP contribution in [0, 0.1) is 0 Å². The number of hydrogen-bond donors (Lipinski definition) is 2. The van der Waals surface area contributed by atoms with Crippen LogP contribution in [0.2, 0.25) is 0 Å². The Morgan fingerprint density at radius 2 is 0.821 bits per heavy atom. The van der Waals surface area contributed by atoms with E-state index in [0.717, 1.165) is 22.3 Å². The molecule has 0 bridgehead atoms. The van der Waals surface area contributed by atoms with E-state index < -0.39 is 24.1 Å². The summed E-state index contributed by atoms with van der Waals surface area (Å²) in [5, 5.41) is 18.9. The quantitative estimate of drug-likeness (QED) is 0.236. The summed E-state index contributed by atoms with van der Waals surface area (Å²) in [5.41, 5.74) is 4.52. The zero-order valence-electron chi connectivity index (χ0n) is 21.7. The minimum absolute atomic E-state index is 0.153. The number of carbonyl (C=O) groups excluding carboxylic acids is 2. The number of carbonyl (C=O) groups is 2. The third kappa shape index (κ3) is 7.69. The minimum atomic E-state index is -0.496. The van der Waals surface area contributed by atoms with Crippen LogP contribution >= 0.6 is 0 Å². The van der Waals surface area contributed by atoms with Crippen LogP contribution in [0.3, 0.4) is 0 Å². The number of rotatable bonds is 10. The van der Waals surface area contributed by atoms with E-state index in [4.69, 9.17) is 14.2 Å². The van der Waals surface area contributed by atoms with Crippen LogP contribution in [0.25, 0.3) is 22.3 Å². The Balaban J connectivity index is 1.19. The fourth-order valence-corrected chi connectivity index (χ4v) is 3.87. The van der Waals surface area contributed by atoms with Crippen LogP contribution < -0.4 is 0 Å². The molecule has 0 spiro atoms. The summed E-state index contributed by atoms with van der Waals surface area (Å²) in [6, 6.07) is 27.7. The molecule has 0 saturated carbocycles. The molecule has 4 rings (SSSR count). The first-order valence-corrected chi connectivity index (χ1v) is 12.6. The Morgan fingerprint density at radius 1 is 0.538 bits per heavy atom. The Labute approximate surface area is 227 Å². The number of phenolic OH excluding ortho intramolecular Hbond substituents is 2. The molecule has 0 amide bonds. The summed E-state index contributed by atoms with van der Waals surface area (Å²) >= 11 is 0. The summed E-state index contributed by atoms with van der Waals surface area (Å²) in [7, 11) is 0. The monoisotopic (exact) mass is 526 g/mol. The third-order valence-corrected chi connectivity index (χ3v) is 5.96. The van der Waals surface area contributed by atoms with Crippen LogP contribution in [0.15, 0.2) is 97.1 Å². The summed E-state index contributed by atoms with van der Waals surface area (Å²) in [6.45, 7) is 3.77. The summed E-state index contributed by atoms with van der Waals surface area (Å²) in [6.07, 6.45) is -0.991. The van der Waals surface area contributed by atoms with Crippen LogP contribution in [0.5, 0.6) is 11.5 Å². The van der Waals surface area contributed by atoms with E-state index in [0.29, 0.717) is 11.1 Å². The van der Waals surface area contributed by atoms with Crippen molar-refractivity contribution in [3.63, 3.8) is 0 Å². The molecule has 0 saturated heterocycles. The number of phenols is 2. The van der Waals surface area contributed by atoms with Gasteiger partial charge in [0.1, 0.15) is 23.7 Å². The molecule has 0 aromatic heterocycles. The molecule has 2 unspecified atom stereocenters. The zero-order valence-corrected chi connectivity index (χ0v) is 21.7. The van der Waals surface area contributed by atoms with E-state index in [1.807, 2.05) is 24.3 Å². The molecule has 0 radical (unpaired) electrons. The average Bonchev–Trinajstić information content (AvgIpc) is 2.94. The average molecular weight is 527 g/mol. The molecule has 0 aliphatic heterocycles. The van der Waals surface area contributed by atoms with Crippen LogP contribution in [-0.4, -0.2) is 47.6 Å². The maximum absolute atomic E-state index is 12.5. The molecule has 39 heavy (non-hydrogen) atoms. The summed E-state index contributed by atoms with van der Waals surface area (Å²) in [5.74, 6) is -0.530. The second-order valence-electron chi connectivity index (χ2n) is 9.22. The van der Waals surface area contributed by atoms with Crippen LogP contribution in [-0.2, 0) is 14.2 Å². The first-order chi connectivity index (χ1) is 18.8. The number of hydrogen-bond acceptors (Lipinski definition) is 7. The van der Waals surface area contributed by atoms with E-state index in [9.17, 15) is 19.8 Å². The van der Waals surface area contributed by atoms with Gasteiger partial charge in [-0.25, -0.2) is 9.59 Å². The predicted molar refractivity (Wildman–Crippen MR) is 148 cm³/mol. The van der Waals surface area contributed by atoms with Crippen molar-refractivity contribution in [1.82, 2.24) is 0 Å². The maximum atomic E-state index is 12.5. The van der Waals surface area contributed by atoms with Gasteiger partial charge < -0.3 is 24.4 Å². The molecular weight excluding hydrogens is 496 g/mol. The van der Waals surface area contributed by atoms with E-state index in [1.165, 1.54) is 0 Å². The lowest BCUT2D eigenvalue weighted by Gasteiger charge is -2.17. The zero-order chi connectivity index (χ0) is 27.8. The molecule has 0 fully saturated rings. The third-order valence-electron chi connectivity index (χ3n) is 5.96. The van der Waals surface area contributed by atoms with Gasteiger partial charge in [-0.15, -0.1) is 0 Å². The molecule has 2 N–H and O–H groups in total. The minimum Gasteiger partial charge on any atom is -0.508 e. The van der Waals surface area contributed by atoms with Gasteiger partial charge in [-0.1, -0.05) is 48.5 Å². The fourth-order valence-electron chi connectivity index (χ4n) is 3.87. The Bertz CT molecular complexity index is 1270. The van der Waals surface area contributed by atoms with Crippen molar-refractivity contribution < 1.29 is 34.0 Å². The largest absolute Gasteiger partial charge is 0.508 e. The molecule has 4 aromatic rings. The SMILES string of the molecule is CC(COCC(C)OC(=O)c1ccc(-c2ccc(O)cc2)cc1)OC(=O)c1ccc(-c2ccc(O)cc2)cc1.